The van der Waals surface area contributed by atoms with Crippen molar-refractivity contribution >= 4 is 10.0 Å². The third-order valence-electron chi connectivity index (χ3n) is 4.46. The highest BCUT2D eigenvalue weighted by molar-refractivity contribution is 7.89. The SMILES string of the molecule is CC(C)n1cc(C2(O)CCCN(S(=O)(=O)CCC(C)(C)C)C2)nn1. The number of piperidine rings is 1. The van der Waals surface area contributed by atoms with Gasteiger partial charge in [0.15, 0.2) is 0 Å². The second-order valence-corrected chi connectivity index (χ2v) is 10.4. The van der Waals surface area contributed by atoms with E-state index in [1.54, 1.807) is 10.9 Å². The topological polar surface area (TPSA) is 88.3 Å². The smallest absolute Gasteiger partial charge is 0.214 e. The fraction of sp³-hybridized carbons (Fsp3) is 0.875. The molecule has 138 valence electrons. The van der Waals surface area contributed by atoms with Crippen LogP contribution in [-0.4, -0.2) is 51.7 Å². The third kappa shape index (κ3) is 4.55. The Hall–Kier alpha value is -0.990. The molecule has 0 saturated carbocycles. The maximum atomic E-state index is 12.6. The molecule has 0 aliphatic carbocycles. The minimum absolute atomic E-state index is 0.0425. The molecule has 1 aliphatic heterocycles. The Morgan fingerprint density at radius 1 is 1.38 bits per heavy atom. The van der Waals surface area contributed by atoms with E-state index in [1.165, 1.54) is 4.31 Å². The van der Waals surface area contributed by atoms with E-state index in [1.807, 2.05) is 34.6 Å². The molecule has 0 radical (unpaired) electrons. The van der Waals surface area contributed by atoms with E-state index in [0.717, 1.165) is 0 Å². The van der Waals surface area contributed by atoms with Crippen molar-refractivity contribution in [3.63, 3.8) is 0 Å². The number of rotatable bonds is 5. The van der Waals surface area contributed by atoms with Crippen LogP contribution < -0.4 is 0 Å². The van der Waals surface area contributed by atoms with Crippen LogP contribution in [0.4, 0.5) is 0 Å². The lowest BCUT2D eigenvalue weighted by Crippen LogP contribution is -2.49. The van der Waals surface area contributed by atoms with Crippen LogP contribution in [0.1, 0.15) is 65.6 Å². The number of hydrogen-bond acceptors (Lipinski definition) is 5. The van der Waals surface area contributed by atoms with Gasteiger partial charge in [-0.15, -0.1) is 5.10 Å². The van der Waals surface area contributed by atoms with Crippen molar-refractivity contribution in [1.29, 1.82) is 0 Å². The van der Waals surface area contributed by atoms with Gasteiger partial charge in [0, 0.05) is 19.1 Å². The Morgan fingerprint density at radius 3 is 2.58 bits per heavy atom. The van der Waals surface area contributed by atoms with Gasteiger partial charge in [-0.25, -0.2) is 13.1 Å². The molecule has 0 spiro atoms. The van der Waals surface area contributed by atoms with E-state index in [-0.39, 0.29) is 23.8 Å². The summed E-state index contributed by atoms with van der Waals surface area (Å²) < 4.78 is 28.4. The summed E-state index contributed by atoms with van der Waals surface area (Å²) in [6.45, 7) is 10.5. The molecule has 1 N–H and O–H groups in total. The maximum absolute atomic E-state index is 12.6. The molecule has 8 heteroatoms. The summed E-state index contributed by atoms with van der Waals surface area (Å²) in [6, 6.07) is 0.144. The zero-order valence-electron chi connectivity index (χ0n) is 15.4. The lowest BCUT2D eigenvalue weighted by Gasteiger charge is -2.37. The molecule has 1 aliphatic rings. The first-order valence-electron chi connectivity index (χ1n) is 8.55. The van der Waals surface area contributed by atoms with Gasteiger partial charge in [-0.1, -0.05) is 26.0 Å². The van der Waals surface area contributed by atoms with E-state index in [9.17, 15) is 13.5 Å². The molecule has 0 aromatic carbocycles. The van der Waals surface area contributed by atoms with Gasteiger partial charge in [0.05, 0.1) is 11.9 Å². The zero-order chi connectivity index (χ0) is 18.2. The van der Waals surface area contributed by atoms with Gasteiger partial charge in [-0.3, -0.25) is 0 Å². The van der Waals surface area contributed by atoms with Crippen LogP contribution in [-0.2, 0) is 15.6 Å². The molecule has 1 unspecified atom stereocenters. The van der Waals surface area contributed by atoms with E-state index in [4.69, 9.17) is 0 Å². The number of β-amino-alcohol motifs (C(OH)–C–C–N with tert-alkyl or cyclic N) is 1. The third-order valence-corrected chi connectivity index (χ3v) is 6.27. The highest BCUT2D eigenvalue weighted by atomic mass is 32.2. The second-order valence-electron chi connectivity index (χ2n) is 8.27. The highest BCUT2D eigenvalue weighted by Gasteiger charge is 2.41. The Bertz CT molecular complexity index is 663. The fourth-order valence-corrected chi connectivity index (χ4v) is 4.70. The molecule has 1 atom stereocenters. The van der Waals surface area contributed by atoms with Crippen LogP contribution in [0.5, 0.6) is 0 Å². The molecular weight excluding hydrogens is 328 g/mol. The lowest BCUT2D eigenvalue weighted by molar-refractivity contribution is -0.0162. The summed E-state index contributed by atoms with van der Waals surface area (Å²) in [7, 11) is -3.39. The van der Waals surface area contributed by atoms with Crippen molar-refractivity contribution in [3.8, 4) is 0 Å². The summed E-state index contributed by atoms with van der Waals surface area (Å²) >= 11 is 0. The normalized spacial score (nSPS) is 23.8. The Morgan fingerprint density at radius 2 is 2.04 bits per heavy atom. The number of hydrogen-bond donors (Lipinski definition) is 1. The Kier molecular flexibility index (Phi) is 5.42. The highest BCUT2D eigenvalue weighted by Crippen LogP contribution is 2.32. The second kappa shape index (κ2) is 6.72. The molecule has 24 heavy (non-hydrogen) atoms. The minimum Gasteiger partial charge on any atom is -0.382 e. The van der Waals surface area contributed by atoms with Crippen LogP contribution in [0.25, 0.3) is 0 Å². The molecule has 0 amide bonds. The first-order valence-corrected chi connectivity index (χ1v) is 10.2. The monoisotopic (exact) mass is 358 g/mol. The summed E-state index contributed by atoms with van der Waals surface area (Å²) in [5, 5.41) is 19.1. The van der Waals surface area contributed by atoms with Gasteiger partial charge >= 0.3 is 0 Å². The van der Waals surface area contributed by atoms with Crippen molar-refractivity contribution < 1.29 is 13.5 Å². The number of aliphatic hydroxyl groups is 1. The standard InChI is InChI=1S/C16H30N4O3S/c1-13(2)20-11-14(17-18-20)16(21)7-6-9-19(12-16)24(22,23)10-8-15(3,4)5/h11,13,21H,6-10,12H2,1-5H3. The van der Waals surface area contributed by atoms with Crippen LogP contribution >= 0.6 is 0 Å². The minimum atomic E-state index is -3.39. The zero-order valence-corrected chi connectivity index (χ0v) is 16.2. The summed E-state index contributed by atoms with van der Waals surface area (Å²) in [6.07, 6.45) is 3.42. The molecule has 0 bridgehead atoms. The van der Waals surface area contributed by atoms with E-state index in [2.05, 4.69) is 10.3 Å². The summed E-state index contributed by atoms with van der Waals surface area (Å²) in [5.41, 5.74) is -0.855. The maximum Gasteiger partial charge on any atom is 0.214 e. The van der Waals surface area contributed by atoms with Crippen molar-refractivity contribution in [2.24, 2.45) is 5.41 Å². The number of nitrogens with zero attached hydrogens (tertiary/aromatic N) is 4. The average molecular weight is 359 g/mol. The van der Waals surface area contributed by atoms with Crippen molar-refractivity contribution in [3.05, 3.63) is 11.9 Å². The molecule has 7 nitrogen and oxygen atoms in total. The molecule has 2 heterocycles. The van der Waals surface area contributed by atoms with E-state index in [0.29, 0.717) is 31.5 Å². The molecule has 1 fully saturated rings. The van der Waals surface area contributed by atoms with Crippen LogP contribution in [0, 0.1) is 5.41 Å². The molecule has 1 saturated heterocycles. The van der Waals surface area contributed by atoms with Crippen LogP contribution in [0.3, 0.4) is 0 Å². The van der Waals surface area contributed by atoms with Gasteiger partial charge in [0.25, 0.3) is 0 Å². The molecule has 1 aromatic heterocycles. The van der Waals surface area contributed by atoms with Crippen molar-refractivity contribution in [1.82, 2.24) is 19.3 Å². The Labute approximate surface area is 145 Å². The van der Waals surface area contributed by atoms with Crippen molar-refractivity contribution in [2.75, 3.05) is 18.8 Å². The van der Waals surface area contributed by atoms with Crippen LogP contribution in [0.2, 0.25) is 0 Å². The predicted octanol–water partition coefficient (Wildman–Crippen LogP) is 1.91. The quantitative estimate of drug-likeness (QED) is 0.868. The van der Waals surface area contributed by atoms with Gasteiger partial charge in [-0.2, -0.15) is 4.31 Å². The van der Waals surface area contributed by atoms with Gasteiger partial charge in [0.1, 0.15) is 11.3 Å². The summed E-state index contributed by atoms with van der Waals surface area (Å²) in [4.78, 5) is 0. The molecular formula is C16H30N4O3S. The predicted molar refractivity (Wildman–Crippen MR) is 93.0 cm³/mol. The molecule has 2 rings (SSSR count). The first kappa shape index (κ1) is 19.3. The van der Waals surface area contributed by atoms with E-state index < -0.39 is 15.6 Å². The number of aromatic nitrogens is 3. The van der Waals surface area contributed by atoms with Gasteiger partial charge < -0.3 is 5.11 Å². The first-order chi connectivity index (χ1) is 10.9. The van der Waals surface area contributed by atoms with Crippen LogP contribution in [0.15, 0.2) is 6.20 Å². The van der Waals surface area contributed by atoms with Crippen molar-refractivity contribution in [2.45, 2.75) is 65.5 Å². The van der Waals surface area contributed by atoms with Gasteiger partial charge in [-0.05, 0) is 38.5 Å². The Balaban J connectivity index is 2.15. The average Bonchev–Trinajstić information content (AvgIpc) is 2.95. The van der Waals surface area contributed by atoms with E-state index >= 15 is 0 Å². The lowest BCUT2D eigenvalue weighted by atomic mass is 9.91. The van der Waals surface area contributed by atoms with Gasteiger partial charge in [0.2, 0.25) is 10.0 Å². The number of sulfonamides is 1. The fourth-order valence-electron chi connectivity index (χ4n) is 2.75. The largest absolute Gasteiger partial charge is 0.382 e. The summed E-state index contributed by atoms with van der Waals surface area (Å²) in [5.74, 6) is 0.102. The molecule has 1 aromatic rings.